The number of hydrogen-bond donors (Lipinski definition) is 1. The smallest absolute Gasteiger partial charge is 0.260 e. The van der Waals surface area contributed by atoms with Crippen LogP contribution in [0.5, 0.6) is 0 Å². The lowest BCUT2D eigenvalue weighted by Gasteiger charge is -2.11. The fourth-order valence-electron chi connectivity index (χ4n) is 3.23. The Bertz CT molecular complexity index is 1290. The van der Waals surface area contributed by atoms with Gasteiger partial charge in [0.05, 0.1) is 5.56 Å². The molecule has 0 spiro atoms. The van der Waals surface area contributed by atoms with Gasteiger partial charge < -0.3 is 4.98 Å². The number of nitrogens with one attached hydrogen (secondary N) is 1. The summed E-state index contributed by atoms with van der Waals surface area (Å²) in [5.41, 5.74) is 2.41. The van der Waals surface area contributed by atoms with Gasteiger partial charge in [0.15, 0.2) is 5.78 Å². The van der Waals surface area contributed by atoms with Crippen LogP contribution in [-0.4, -0.2) is 10.8 Å². The van der Waals surface area contributed by atoms with Crippen LogP contribution in [0, 0.1) is 0 Å². The number of fused-ring (bicyclic) bond motifs is 1. The molecule has 1 N–H and O–H groups in total. The second-order valence-electron chi connectivity index (χ2n) is 6.51. The van der Waals surface area contributed by atoms with Gasteiger partial charge in [-0.05, 0) is 47.5 Å². The zero-order valence-electron chi connectivity index (χ0n) is 15.2. The van der Waals surface area contributed by atoms with E-state index in [4.69, 9.17) is 23.2 Å². The third kappa shape index (κ3) is 4.02. The predicted octanol–water partition coefficient (Wildman–Crippen LogP) is 6.40. The molecule has 4 aromatic rings. The maximum Gasteiger partial charge on any atom is 0.260 e. The van der Waals surface area contributed by atoms with E-state index in [1.54, 1.807) is 48.5 Å². The van der Waals surface area contributed by atoms with Crippen molar-refractivity contribution in [3.05, 3.63) is 110 Å². The molecule has 3 nitrogen and oxygen atoms in total. The van der Waals surface area contributed by atoms with E-state index in [1.807, 2.05) is 30.3 Å². The molecule has 0 bridgehead atoms. The Morgan fingerprint density at radius 3 is 2.28 bits per heavy atom. The van der Waals surface area contributed by atoms with Crippen LogP contribution in [0.15, 0.2) is 83.7 Å². The highest BCUT2D eigenvalue weighted by molar-refractivity contribution is 6.31. The van der Waals surface area contributed by atoms with Gasteiger partial charge in [-0.15, -0.1) is 0 Å². The Morgan fingerprint density at radius 2 is 1.55 bits per heavy atom. The van der Waals surface area contributed by atoms with E-state index >= 15 is 0 Å². The first kappa shape index (κ1) is 19.2. The summed E-state index contributed by atoms with van der Waals surface area (Å²) < 4.78 is 0. The van der Waals surface area contributed by atoms with E-state index < -0.39 is 5.56 Å². The minimum Gasteiger partial charge on any atom is -0.321 e. The number of carbonyl (C=O) groups excluding carboxylic acids is 1. The molecule has 0 radical (unpaired) electrons. The van der Waals surface area contributed by atoms with Crippen LogP contribution in [0.2, 0.25) is 10.0 Å². The fourth-order valence-corrected chi connectivity index (χ4v) is 3.53. The second-order valence-corrected chi connectivity index (χ2v) is 7.38. The molecule has 29 heavy (non-hydrogen) atoms. The van der Waals surface area contributed by atoms with Crippen molar-refractivity contribution in [1.82, 2.24) is 4.98 Å². The van der Waals surface area contributed by atoms with E-state index in [-0.39, 0.29) is 11.3 Å². The third-order valence-electron chi connectivity index (χ3n) is 4.58. The maximum absolute atomic E-state index is 13.1. The van der Waals surface area contributed by atoms with Gasteiger partial charge in [0.2, 0.25) is 0 Å². The van der Waals surface area contributed by atoms with Gasteiger partial charge in [-0.1, -0.05) is 71.7 Å². The predicted molar refractivity (Wildman–Crippen MR) is 120 cm³/mol. The molecule has 0 aliphatic carbocycles. The summed E-state index contributed by atoms with van der Waals surface area (Å²) >= 11 is 12.1. The second kappa shape index (κ2) is 8.08. The average molecular weight is 420 g/mol. The lowest BCUT2D eigenvalue weighted by atomic mass is 9.94. The average Bonchev–Trinajstić information content (AvgIpc) is 2.73. The highest BCUT2D eigenvalue weighted by Crippen LogP contribution is 2.31. The Labute approximate surface area is 177 Å². The number of ketones is 1. The van der Waals surface area contributed by atoms with Gasteiger partial charge in [0.1, 0.15) is 0 Å². The highest BCUT2D eigenvalue weighted by atomic mass is 35.5. The number of H-pyrrole nitrogens is 1. The molecular formula is C24H15Cl2NO2. The monoisotopic (exact) mass is 419 g/mol. The van der Waals surface area contributed by atoms with Crippen LogP contribution in [-0.2, 0) is 0 Å². The van der Waals surface area contributed by atoms with Crippen LogP contribution >= 0.6 is 23.2 Å². The van der Waals surface area contributed by atoms with E-state index in [1.165, 1.54) is 6.08 Å². The Morgan fingerprint density at radius 1 is 0.862 bits per heavy atom. The van der Waals surface area contributed by atoms with E-state index in [9.17, 15) is 9.59 Å². The lowest BCUT2D eigenvalue weighted by Crippen LogP contribution is -2.18. The zero-order chi connectivity index (χ0) is 20.4. The van der Waals surface area contributed by atoms with E-state index in [2.05, 4.69) is 4.98 Å². The molecule has 0 saturated heterocycles. The number of aromatic nitrogens is 1. The number of hydrogen-bond acceptors (Lipinski definition) is 2. The summed E-state index contributed by atoms with van der Waals surface area (Å²) in [5, 5.41) is 1.85. The number of benzene rings is 3. The molecule has 0 aliphatic rings. The van der Waals surface area contributed by atoms with Crippen molar-refractivity contribution in [3.8, 4) is 11.1 Å². The molecule has 0 atom stereocenters. The molecule has 0 saturated carbocycles. The number of carbonyl (C=O) groups is 1. The van der Waals surface area contributed by atoms with Gasteiger partial charge in [-0.2, -0.15) is 0 Å². The van der Waals surface area contributed by atoms with Crippen molar-refractivity contribution in [1.29, 1.82) is 0 Å². The molecule has 1 aromatic heterocycles. The van der Waals surface area contributed by atoms with Crippen molar-refractivity contribution >= 4 is 46.0 Å². The molecule has 0 aliphatic heterocycles. The normalized spacial score (nSPS) is 11.2. The van der Waals surface area contributed by atoms with Crippen LogP contribution in [0.1, 0.15) is 15.9 Å². The first-order valence-corrected chi connectivity index (χ1v) is 9.67. The quantitative estimate of drug-likeness (QED) is 0.307. The highest BCUT2D eigenvalue weighted by Gasteiger charge is 2.19. The van der Waals surface area contributed by atoms with Gasteiger partial charge in [-0.3, -0.25) is 9.59 Å². The van der Waals surface area contributed by atoms with Crippen molar-refractivity contribution in [2.45, 2.75) is 0 Å². The number of rotatable bonds is 4. The van der Waals surface area contributed by atoms with Crippen molar-refractivity contribution in [3.63, 3.8) is 0 Å². The summed E-state index contributed by atoms with van der Waals surface area (Å²) in [5.74, 6) is -0.387. The third-order valence-corrected chi connectivity index (χ3v) is 5.07. The van der Waals surface area contributed by atoms with Crippen molar-refractivity contribution in [2.24, 2.45) is 0 Å². The van der Waals surface area contributed by atoms with Crippen LogP contribution in [0.3, 0.4) is 0 Å². The zero-order valence-corrected chi connectivity index (χ0v) is 16.7. The fraction of sp³-hybridized carbons (Fsp3) is 0. The lowest BCUT2D eigenvalue weighted by molar-refractivity contribution is 0.104. The molecule has 0 amide bonds. The minimum atomic E-state index is -0.440. The molecule has 5 heteroatoms. The van der Waals surface area contributed by atoms with Crippen molar-refractivity contribution < 1.29 is 4.79 Å². The molecule has 4 rings (SSSR count). The Hall–Kier alpha value is -3.14. The number of pyridine rings is 1. The molecular weight excluding hydrogens is 405 g/mol. The van der Waals surface area contributed by atoms with Crippen LogP contribution in [0.4, 0.5) is 0 Å². The summed E-state index contributed by atoms with van der Waals surface area (Å²) in [4.78, 5) is 28.7. The minimum absolute atomic E-state index is 0.0798. The SMILES string of the molecule is O=C(/C=C/c1ccc(Cl)cc1)c1c(-c2ccccc2)c2cc(Cl)ccc2[nH]c1=O. The first-order valence-electron chi connectivity index (χ1n) is 8.92. The maximum atomic E-state index is 13.1. The largest absolute Gasteiger partial charge is 0.321 e. The van der Waals surface area contributed by atoms with Crippen LogP contribution < -0.4 is 5.56 Å². The topological polar surface area (TPSA) is 49.9 Å². The molecule has 1 heterocycles. The number of aromatic amines is 1. The van der Waals surface area contributed by atoms with Gasteiger partial charge in [0, 0.05) is 26.5 Å². The Kier molecular flexibility index (Phi) is 5.34. The van der Waals surface area contributed by atoms with E-state index in [0.29, 0.717) is 26.5 Å². The Balaban J connectivity index is 1.91. The van der Waals surface area contributed by atoms with Crippen LogP contribution in [0.25, 0.3) is 28.1 Å². The van der Waals surface area contributed by atoms with Gasteiger partial charge in [-0.25, -0.2) is 0 Å². The van der Waals surface area contributed by atoms with Crippen molar-refractivity contribution in [2.75, 3.05) is 0 Å². The summed E-state index contributed by atoms with van der Waals surface area (Å²) in [7, 11) is 0. The van der Waals surface area contributed by atoms with E-state index in [0.717, 1.165) is 11.1 Å². The summed E-state index contributed by atoms with van der Waals surface area (Å²) in [6.07, 6.45) is 3.06. The number of halogens is 2. The van der Waals surface area contributed by atoms with Gasteiger partial charge >= 0.3 is 0 Å². The summed E-state index contributed by atoms with van der Waals surface area (Å²) in [6.45, 7) is 0. The number of allylic oxidation sites excluding steroid dienone is 1. The van der Waals surface area contributed by atoms with Gasteiger partial charge in [0.25, 0.3) is 5.56 Å². The molecule has 0 unspecified atom stereocenters. The first-order chi connectivity index (χ1) is 14.0. The molecule has 3 aromatic carbocycles. The standard InChI is InChI=1S/C24H15Cl2NO2/c25-17-9-6-15(7-10-17)8-13-21(28)23-22(16-4-2-1-3-5-16)19-14-18(26)11-12-20(19)27-24(23)29/h1-14H,(H,27,29)/b13-8+. The molecule has 142 valence electrons. The summed E-state index contributed by atoms with van der Waals surface area (Å²) in [6, 6.07) is 21.6. The molecule has 0 fully saturated rings.